The summed E-state index contributed by atoms with van der Waals surface area (Å²) < 4.78 is 60.5. The molecule has 1 amide bonds. The van der Waals surface area contributed by atoms with Crippen LogP contribution < -0.4 is 5.32 Å². The molecule has 0 aromatic rings. The predicted molar refractivity (Wildman–Crippen MR) is 43.3 cm³/mol. The average Bonchev–Trinajstić information content (AvgIpc) is 2.07. The van der Waals surface area contributed by atoms with Crippen LogP contribution in [0.1, 0.15) is 12.8 Å². The second-order valence-electron chi connectivity index (χ2n) is 3.81. The summed E-state index contributed by atoms with van der Waals surface area (Å²) in [6.45, 7) is 0. The van der Waals surface area contributed by atoms with Gasteiger partial charge in [0.1, 0.15) is 6.04 Å². The first kappa shape index (κ1) is 13.7. The molecule has 0 radical (unpaired) electrons. The van der Waals surface area contributed by atoms with Crippen molar-refractivity contribution in [3.8, 4) is 0 Å². The molecule has 98 valence electrons. The number of halogens is 5. The summed E-state index contributed by atoms with van der Waals surface area (Å²) in [6.07, 6.45) is -6.93. The fourth-order valence-electron chi connectivity index (χ4n) is 1.55. The van der Waals surface area contributed by atoms with Crippen molar-refractivity contribution in [1.82, 2.24) is 5.32 Å². The van der Waals surface area contributed by atoms with E-state index in [0.29, 0.717) is 0 Å². The van der Waals surface area contributed by atoms with E-state index in [1.807, 2.05) is 0 Å². The van der Waals surface area contributed by atoms with E-state index in [9.17, 15) is 31.5 Å². The maximum Gasteiger partial charge on any atom is 0.471 e. The fraction of sp³-hybridized carbons (Fsp3) is 0.750. The number of rotatable bonds is 3. The van der Waals surface area contributed by atoms with E-state index in [2.05, 4.69) is 0 Å². The van der Waals surface area contributed by atoms with E-state index in [1.165, 1.54) is 5.32 Å². The van der Waals surface area contributed by atoms with Crippen molar-refractivity contribution >= 4 is 11.9 Å². The van der Waals surface area contributed by atoms with Crippen molar-refractivity contribution in [2.75, 3.05) is 0 Å². The smallest absolute Gasteiger partial charge is 0.471 e. The van der Waals surface area contributed by atoms with Crippen molar-refractivity contribution in [3.05, 3.63) is 0 Å². The van der Waals surface area contributed by atoms with Gasteiger partial charge in [0.15, 0.2) is 0 Å². The van der Waals surface area contributed by atoms with Gasteiger partial charge in [-0.1, -0.05) is 0 Å². The maximum atomic E-state index is 12.5. The molecule has 1 atom stereocenters. The number of carbonyl (C=O) groups is 2. The number of hydrogen-bond acceptors (Lipinski definition) is 2. The molecular weight excluding hydrogens is 253 g/mol. The normalized spacial score (nSPS) is 21.5. The van der Waals surface area contributed by atoms with Crippen LogP contribution in [0.3, 0.4) is 0 Å². The standard InChI is InChI=1S/C8H8F5NO3/c9-7(10)1-3(2-7)4(5(15)16)14-6(17)8(11,12)13/h3-4H,1-2H2,(H,14,17)(H,15,16). The summed E-state index contributed by atoms with van der Waals surface area (Å²) in [5, 5.41) is 9.77. The molecule has 0 aromatic heterocycles. The van der Waals surface area contributed by atoms with Crippen molar-refractivity contribution < 1.29 is 36.6 Å². The lowest BCUT2D eigenvalue weighted by atomic mass is 9.76. The number of carboxylic acids is 1. The van der Waals surface area contributed by atoms with E-state index in [-0.39, 0.29) is 0 Å². The fourth-order valence-corrected chi connectivity index (χ4v) is 1.55. The largest absolute Gasteiger partial charge is 0.480 e. The molecule has 1 rings (SSSR count). The molecule has 2 N–H and O–H groups in total. The minimum absolute atomic E-state index is 0.845. The van der Waals surface area contributed by atoms with Gasteiger partial charge in [-0.15, -0.1) is 0 Å². The molecule has 0 aliphatic heterocycles. The van der Waals surface area contributed by atoms with Gasteiger partial charge in [-0.05, 0) is 0 Å². The Morgan fingerprint density at radius 1 is 1.29 bits per heavy atom. The van der Waals surface area contributed by atoms with E-state index < -0.39 is 48.8 Å². The van der Waals surface area contributed by atoms with Crippen LogP contribution in [0.25, 0.3) is 0 Å². The monoisotopic (exact) mass is 261 g/mol. The lowest BCUT2D eigenvalue weighted by Crippen LogP contribution is -2.55. The molecule has 17 heavy (non-hydrogen) atoms. The summed E-state index contributed by atoms with van der Waals surface area (Å²) in [4.78, 5) is 21.1. The van der Waals surface area contributed by atoms with Crippen LogP contribution in [0, 0.1) is 5.92 Å². The molecule has 0 aromatic carbocycles. The average molecular weight is 261 g/mol. The maximum absolute atomic E-state index is 12.5. The number of hydrogen-bond donors (Lipinski definition) is 2. The zero-order valence-electron chi connectivity index (χ0n) is 8.22. The van der Waals surface area contributed by atoms with Gasteiger partial charge in [-0.3, -0.25) is 4.79 Å². The zero-order valence-corrected chi connectivity index (χ0v) is 8.22. The van der Waals surface area contributed by atoms with Gasteiger partial charge in [-0.2, -0.15) is 13.2 Å². The van der Waals surface area contributed by atoms with Crippen LogP contribution in [0.5, 0.6) is 0 Å². The van der Waals surface area contributed by atoms with Crippen molar-refractivity contribution in [1.29, 1.82) is 0 Å². The summed E-state index contributed by atoms with van der Waals surface area (Å²) in [5.74, 6) is -8.46. The molecule has 0 heterocycles. The second-order valence-corrected chi connectivity index (χ2v) is 3.81. The SMILES string of the molecule is O=C(O)C(NC(=O)C(F)(F)F)C1CC(F)(F)C1. The first-order valence-electron chi connectivity index (χ1n) is 4.51. The van der Waals surface area contributed by atoms with Gasteiger partial charge in [-0.25, -0.2) is 13.6 Å². The van der Waals surface area contributed by atoms with Crippen LogP contribution in [-0.4, -0.2) is 35.1 Å². The van der Waals surface area contributed by atoms with Gasteiger partial charge < -0.3 is 10.4 Å². The Morgan fingerprint density at radius 3 is 2.06 bits per heavy atom. The summed E-state index contributed by atoms with van der Waals surface area (Å²) in [5.41, 5.74) is 0. The highest BCUT2D eigenvalue weighted by Gasteiger charge is 2.52. The Hall–Kier alpha value is -1.41. The summed E-state index contributed by atoms with van der Waals surface area (Å²) in [6, 6.07) is -1.94. The molecule has 0 spiro atoms. The van der Waals surface area contributed by atoms with Crippen LogP contribution in [-0.2, 0) is 9.59 Å². The van der Waals surface area contributed by atoms with Crippen molar-refractivity contribution in [3.63, 3.8) is 0 Å². The van der Waals surface area contributed by atoms with Gasteiger partial charge in [0, 0.05) is 18.8 Å². The highest BCUT2D eigenvalue weighted by atomic mass is 19.4. The molecule has 1 saturated carbocycles. The molecule has 4 nitrogen and oxygen atoms in total. The molecule has 0 saturated heterocycles. The van der Waals surface area contributed by atoms with E-state index in [1.54, 1.807) is 0 Å². The summed E-state index contributed by atoms with van der Waals surface area (Å²) >= 11 is 0. The van der Waals surface area contributed by atoms with Crippen LogP contribution in [0.15, 0.2) is 0 Å². The van der Waals surface area contributed by atoms with Gasteiger partial charge in [0.05, 0.1) is 0 Å². The number of alkyl halides is 5. The highest BCUT2D eigenvalue weighted by Crippen LogP contribution is 2.44. The minimum atomic E-state index is -5.24. The highest BCUT2D eigenvalue weighted by molar-refractivity contribution is 5.87. The van der Waals surface area contributed by atoms with E-state index in [4.69, 9.17) is 5.11 Å². The molecule has 1 aliphatic rings. The lowest BCUT2D eigenvalue weighted by molar-refractivity contribution is -0.179. The molecule has 1 fully saturated rings. The van der Waals surface area contributed by atoms with Crippen molar-refractivity contribution in [2.24, 2.45) is 5.92 Å². The number of carbonyl (C=O) groups excluding carboxylic acids is 1. The van der Waals surface area contributed by atoms with Crippen molar-refractivity contribution in [2.45, 2.75) is 31.0 Å². The molecule has 1 aliphatic carbocycles. The molecule has 1 unspecified atom stereocenters. The van der Waals surface area contributed by atoms with Gasteiger partial charge in [0.25, 0.3) is 0 Å². The first-order valence-corrected chi connectivity index (χ1v) is 4.51. The topological polar surface area (TPSA) is 66.4 Å². The minimum Gasteiger partial charge on any atom is -0.480 e. The number of amides is 1. The third-order valence-corrected chi connectivity index (χ3v) is 2.40. The Balaban J connectivity index is 2.64. The number of nitrogens with one attached hydrogen (secondary N) is 1. The third kappa shape index (κ3) is 3.27. The Morgan fingerprint density at radius 2 is 1.76 bits per heavy atom. The van der Waals surface area contributed by atoms with Gasteiger partial charge in [0.2, 0.25) is 5.92 Å². The Labute approximate surface area is 91.8 Å². The molecule has 0 bridgehead atoms. The zero-order chi connectivity index (χ0) is 13.4. The Bertz CT molecular complexity index is 333. The molecular formula is C8H8F5NO3. The van der Waals surface area contributed by atoms with Crippen LogP contribution in [0.4, 0.5) is 22.0 Å². The second kappa shape index (κ2) is 4.11. The van der Waals surface area contributed by atoms with Crippen LogP contribution in [0.2, 0.25) is 0 Å². The van der Waals surface area contributed by atoms with E-state index in [0.717, 1.165) is 0 Å². The predicted octanol–water partition coefficient (Wildman–Crippen LogP) is 1.16. The van der Waals surface area contributed by atoms with E-state index >= 15 is 0 Å². The Kier molecular flexibility index (Phi) is 3.30. The first-order chi connectivity index (χ1) is 7.53. The number of aliphatic carboxylic acids is 1. The molecule has 9 heteroatoms. The quantitative estimate of drug-likeness (QED) is 0.749. The lowest BCUT2D eigenvalue weighted by Gasteiger charge is -2.38. The van der Waals surface area contributed by atoms with Gasteiger partial charge >= 0.3 is 18.1 Å². The van der Waals surface area contributed by atoms with Crippen LogP contribution >= 0.6 is 0 Å². The summed E-state index contributed by atoms with van der Waals surface area (Å²) in [7, 11) is 0. The third-order valence-electron chi connectivity index (χ3n) is 2.40. The number of carboxylic acid groups (broad SMARTS) is 1.